The van der Waals surface area contributed by atoms with Crippen molar-refractivity contribution in [2.45, 2.75) is 97.3 Å². The maximum Gasteiger partial charge on any atom is 0.0608 e. The Balaban J connectivity index is 1.81. The zero-order chi connectivity index (χ0) is 15.5. The standard InChI is InChI=1S/C19H37NO/c1-6-16-7-9-17(10-8-16)14-20-12-11-18(21-15(2)3)13-19(20,4)5/h15-18H,6-14H2,1-5H3. The number of hydrogen-bond acceptors (Lipinski definition) is 2. The van der Waals surface area contributed by atoms with E-state index >= 15 is 0 Å². The summed E-state index contributed by atoms with van der Waals surface area (Å²) in [5, 5.41) is 0. The summed E-state index contributed by atoms with van der Waals surface area (Å²) in [6.45, 7) is 14.0. The van der Waals surface area contributed by atoms with Gasteiger partial charge in [0, 0.05) is 18.6 Å². The molecule has 1 heterocycles. The summed E-state index contributed by atoms with van der Waals surface area (Å²) >= 11 is 0. The Morgan fingerprint density at radius 1 is 1.05 bits per heavy atom. The van der Waals surface area contributed by atoms with Crippen molar-refractivity contribution in [2.24, 2.45) is 11.8 Å². The van der Waals surface area contributed by atoms with Crippen LogP contribution in [0, 0.1) is 11.8 Å². The second-order valence-corrected chi connectivity index (χ2v) is 8.35. The first kappa shape index (κ1) is 17.3. The lowest BCUT2D eigenvalue weighted by molar-refractivity contribution is -0.0712. The number of piperidine rings is 1. The molecule has 1 saturated carbocycles. The highest BCUT2D eigenvalue weighted by molar-refractivity contribution is 4.91. The van der Waals surface area contributed by atoms with Crippen molar-refractivity contribution < 1.29 is 4.74 Å². The lowest BCUT2D eigenvalue weighted by atomic mass is 9.79. The molecule has 2 aliphatic rings. The highest BCUT2D eigenvalue weighted by Crippen LogP contribution is 2.35. The largest absolute Gasteiger partial charge is 0.375 e. The monoisotopic (exact) mass is 295 g/mol. The molecular weight excluding hydrogens is 258 g/mol. The molecular formula is C19H37NO. The molecule has 0 aromatic rings. The second kappa shape index (κ2) is 7.46. The van der Waals surface area contributed by atoms with Crippen LogP contribution in [0.2, 0.25) is 0 Å². The Kier molecular flexibility index (Phi) is 6.14. The van der Waals surface area contributed by atoms with Gasteiger partial charge in [0.2, 0.25) is 0 Å². The maximum atomic E-state index is 6.07. The molecule has 21 heavy (non-hydrogen) atoms. The van der Waals surface area contributed by atoms with Crippen LogP contribution >= 0.6 is 0 Å². The van der Waals surface area contributed by atoms with Crippen LogP contribution in [0.1, 0.15) is 79.6 Å². The van der Waals surface area contributed by atoms with E-state index in [0.29, 0.717) is 17.7 Å². The topological polar surface area (TPSA) is 12.5 Å². The molecule has 1 unspecified atom stereocenters. The fourth-order valence-electron chi connectivity index (χ4n) is 4.36. The molecule has 1 saturated heterocycles. The van der Waals surface area contributed by atoms with Gasteiger partial charge in [0.05, 0.1) is 12.2 Å². The smallest absolute Gasteiger partial charge is 0.0608 e. The maximum absolute atomic E-state index is 6.07. The van der Waals surface area contributed by atoms with Gasteiger partial charge in [-0.1, -0.05) is 26.2 Å². The van der Waals surface area contributed by atoms with Gasteiger partial charge in [0.15, 0.2) is 0 Å². The van der Waals surface area contributed by atoms with Crippen molar-refractivity contribution in [1.82, 2.24) is 4.90 Å². The van der Waals surface area contributed by atoms with E-state index in [9.17, 15) is 0 Å². The number of rotatable bonds is 5. The lowest BCUT2D eigenvalue weighted by Crippen LogP contribution is -2.53. The van der Waals surface area contributed by atoms with E-state index in [1.807, 2.05) is 0 Å². The quantitative estimate of drug-likeness (QED) is 0.717. The molecule has 2 rings (SSSR count). The highest BCUT2D eigenvalue weighted by atomic mass is 16.5. The second-order valence-electron chi connectivity index (χ2n) is 8.35. The van der Waals surface area contributed by atoms with Crippen molar-refractivity contribution in [2.75, 3.05) is 13.1 Å². The first-order valence-corrected chi connectivity index (χ1v) is 9.31. The van der Waals surface area contributed by atoms with Crippen LogP contribution in [0.15, 0.2) is 0 Å². The third-order valence-electron chi connectivity index (χ3n) is 5.79. The van der Waals surface area contributed by atoms with Crippen molar-refractivity contribution in [3.8, 4) is 0 Å². The summed E-state index contributed by atoms with van der Waals surface area (Å²) in [5.74, 6) is 1.95. The minimum atomic E-state index is 0.305. The van der Waals surface area contributed by atoms with Gasteiger partial charge in [-0.3, -0.25) is 4.90 Å². The molecule has 1 aliphatic heterocycles. The number of ether oxygens (including phenoxy) is 1. The minimum absolute atomic E-state index is 0.305. The minimum Gasteiger partial charge on any atom is -0.375 e. The predicted molar refractivity (Wildman–Crippen MR) is 90.6 cm³/mol. The molecule has 2 heteroatoms. The van der Waals surface area contributed by atoms with Crippen LogP contribution in [0.3, 0.4) is 0 Å². The zero-order valence-electron chi connectivity index (χ0n) is 15.0. The molecule has 0 radical (unpaired) electrons. The van der Waals surface area contributed by atoms with E-state index in [1.165, 1.54) is 58.0 Å². The normalized spacial score (nSPS) is 34.3. The number of nitrogens with zero attached hydrogens (tertiary/aromatic N) is 1. The third kappa shape index (κ3) is 4.96. The molecule has 0 aromatic carbocycles. The molecule has 0 spiro atoms. The molecule has 0 bridgehead atoms. The summed E-state index contributed by atoms with van der Waals surface area (Å²) < 4.78 is 6.07. The summed E-state index contributed by atoms with van der Waals surface area (Å²) in [6, 6.07) is 0. The summed E-state index contributed by atoms with van der Waals surface area (Å²) in [4.78, 5) is 2.75. The molecule has 1 atom stereocenters. The lowest BCUT2D eigenvalue weighted by Gasteiger charge is -2.47. The predicted octanol–water partition coefficient (Wildman–Crippen LogP) is 4.87. The van der Waals surface area contributed by atoms with Gasteiger partial charge in [-0.2, -0.15) is 0 Å². The molecule has 0 aromatic heterocycles. The van der Waals surface area contributed by atoms with Crippen LogP contribution < -0.4 is 0 Å². The van der Waals surface area contributed by atoms with Gasteiger partial charge in [-0.25, -0.2) is 0 Å². The van der Waals surface area contributed by atoms with Gasteiger partial charge < -0.3 is 4.74 Å². The van der Waals surface area contributed by atoms with Gasteiger partial charge in [0.1, 0.15) is 0 Å². The first-order valence-electron chi connectivity index (χ1n) is 9.31. The zero-order valence-corrected chi connectivity index (χ0v) is 15.0. The summed E-state index contributed by atoms with van der Waals surface area (Å²) in [5.41, 5.74) is 0.305. The van der Waals surface area contributed by atoms with Crippen molar-refractivity contribution in [3.63, 3.8) is 0 Å². The first-order chi connectivity index (χ1) is 9.90. The van der Waals surface area contributed by atoms with Gasteiger partial charge >= 0.3 is 0 Å². The Morgan fingerprint density at radius 3 is 2.19 bits per heavy atom. The van der Waals surface area contributed by atoms with Crippen LogP contribution in [0.5, 0.6) is 0 Å². The van der Waals surface area contributed by atoms with E-state index in [-0.39, 0.29) is 0 Å². The van der Waals surface area contributed by atoms with E-state index in [1.54, 1.807) is 0 Å². The van der Waals surface area contributed by atoms with Crippen molar-refractivity contribution in [3.05, 3.63) is 0 Å². The van der Waals surface area contributed by atoms with E-state index in [0.717, 1.165) is 11.8 Å². The molecule has 2 nitrogen and oxygen atoms in total. The van der Waals surface area contributed by atoms with Crippen LogP contribution in [0.25, 0.3) is 0 Å². The van der Waals surface area contributed by atoms with E-state index in [2.05, 4.69) is 39.5 Å². The van der Waals surface area contributed by atoms with Crippen molar-refractivity contribution >= 4 is 0 Å². The average molecular weight is 296 g/mol. The van der Waals surface area contributed by atoms with E-state index < -0.39 is 0 Å². The average Bonchev–Trinajstić information content (AvgIpc) is 2.41. The van der Waals surface area contributed by atoms with Gasteiger partial charge in [-0.05, 0) is 65.2 Å². The molecule has 2 fully saturated rings. The van der Waals surface area contributed by atoms with Gasteiger partial charge in [0.25, 0.3) is 0 Å². The van der Waals surface area contributed by atoms with E-state index in [4.69, 9.17) is 4.74 Å². The van der Waals surface area contributed by atoms with Crippen LogP contribution in [-0.2, 0) is 4.74 Å². The SMILES string of the molecule is CCC1CCC(CN2CCC(OC(C)C)CC2(C)C)CC1. The third-order valence-corrected chi connectivity index (χ3v) is 5.79. The molecule has 0 N–H and O–H groups in total. The molecule has 124 valence electrons. The van der Waals surface area contributed by atoms with Gasteiger partial charge in [-0.15, -0.1) is 0 Å². The van der Waals surface area contributed by atoms with Crippen molar-refractivity contribution in [1.29, 1.82) is 0 Å². The summed E-state index contributed by atoms with van der Waals surface area (Å²) in [6.07, 6.45) is 10.5. The molecule has 0 amide bonds. The number of likely N-dealkylation sites (tertiary alicyclic amines) is 1. The number of hydrogen-bond donors (Lipinski definition) is 0. The Labute approximate surface area is 132 Å². The van der Waals surface area contributed by atoms with Crippen LogP contribution in [-0.4, -0.2) is 35.7 Å². The fourth-order valence-corrected chi connectivity index (χ4v) is 4.36. The summed E-state index contributed by atoms with van der Waals surface area (Å²) in [7, 11) is 0. The highest BCUT2D eigenvalue weighted by Gasteiger charge is 2.36. The Morgan fingerprint density at radius 2 is 1.67 bits per heavy atom. The Bertz CT molecular complexity index is 305. The fraction of sp³-hybridized carbons (Fsp3) is 1.00. The molecule has 1 aliphatic carbocycles. The Hall–Kier alpha value is -0.0800. The van der Waals surface area contributed by atoms with Crippen LogP contribution in [0.4, 0.5) is 0 Å².